The van der Waals surface area contributed by atoms with Crippen LogP contribution in [0.4, 0.5) is 21.5 Å². The molecule has 2 aliphatic rings. The number of amides is 3. The maximum absolute atomic E-state index is 14.2. The quantitative estimate of drug-likeness (QED) is 0.527. The summed E-state index contributed by atoms with van der Waals surface area (Å²) < 4.78 is 14.2. The van der Waals surface area contributed by atoms with Gasteiger partial charge in [0.05, 0.1) is 5.69 Å². The minimum atomic E-state index is -0.821. The van der Waals surface area contributed by atoms with E-state index in [-0.39, 0.29) is 22.3 Å². The van der Waals surface area contributed by atoms with Gasteiger partial charge in [0.25, 0.3) is 17.7 Å². The Bertz CT molecular complexity index is 1370. The molecule has 0 unspecified atom stereocenters. The maximum atomic E-state index is 14.2. The third-order valence-electron chi connectivity index (χ3n) is 6.19. The van der Waals surface area contributed by atoms with Gasteiger partial charge in [-0.25, -0.2) is 9.29 Å². The van der Waals surface area contributed by atoms with E-state index in [1.807, 2.05) is 18.2 Å². The maximum Gasteiger partial charge on any atom is 0.283 e. The molecule has 3 aromatic rings. The van der Waals surface area contributed by atoms with Crippen LogP contribution in [-0.4, -0.2) is 48.8 Å². The van der Waals surface area contributed by atoms with E-state index in [2.05, 4.69) is 22.3 Å². The Morgan fingerprint density at radius 3 is 2.25 bits per heavy atom. The predicted molar refractivity (Wildman–Crippen MR) is 136 cm³/mol. The van der Waals surface area contributed by atoms with Gasteiger partial charge in [-0.15, -0.1) is 0 Å². The summed E-state index contributed by atoms with van der Waals surface area (Å²) in [7, 11) is 0. The molecule has 2 aliphatic heterocycles. The van der Waals surface area contributed by atoms with Gasteiger partial charge in [-0.2, -0.15) is 0 Å². The average molecular weight is 505 g/mol. The van der Waals surface area contributed by atoms with Gasteiger partial charge in [0.15, 0.2) is 0 Å². The van der Waals surface area contributed by atoms with Crippen molar-refractivity contribution < 1.29 is 18.8 Å². The van der Waals surface area contributed by atoms with E-state index in [1.165, 1.54) is 18.2 Å². The molecule has 0 saturated carbocycles. The lowest BCUT2D eigenvalue weighted by Gasteiger charge is -2.36. The summed E-state index contributed by atoms with van der Waals surface area (Å²) in [6, 6.07) is 22.2. The highest BCUT2D eigenvalue weighted by atomic mass is 35.5. The zero-order chi connectivity index (χ0) is 25.2. The first-order valence-electron chi connectivity index (χ1n) is 11.4. The van der Waals surface area contributed by atoms with Crippen LogP contribution in [0.25, 0.3) is 0 Å². The first kappa shape index (κ1) is 23.6. The largest absolute Gasteiger partial charge is 0.368 e. The molecule has 9 heteroatoms. The van der Waals surface area contributed by atoms with Gasteiger partial charge in [0, 0.05) is 43.1 Å². The molecule has 36 heavy (non-hydrogen) atoms. The number of carbonyl (C=O) groups is 3. The average Bonchev–Trinajstić information content (AvgIpc) is 3.12. The van der Waals surface area contributed by atoms with Crippen LogP contribution in [0.3, 0.4) is 0 Å². The van der Waals surface area contributed by atoms with Crippen LogP contribution in [-0.2, 0) is 9.59 Å². The Balaban J connectivity index is 1.29. The second-order valence-corrected chi connectivity index (χ2v) is 8.78. The van der Waals surface area contributed by atoms with Crippen molar-refractivity contribution in [1.82, 2.24) is 4.90 Å². The fourth-order valence-corrected chi connectivity index (χ4v) is 4.54. The number of para-hydroxylation sites is 2. The van der Waals surface area contributed by atoms with E-state index >= 15 is 0 Å². The molecule has 0 aliphatic carbocycles. The zero-order valence-corrected chi connectivity index (χ0v) is 19.9. The van der Waals surface area contributed by atoms with E-state index < -0.39 is 17.6 Å². The number of piperazine rings is 1. The Labute approximate surface area is 212 Å². The summed E-state index contributed by atoms with van der Waals surface area (Å²) in [5, 5.41) is 2.50. The first-order valence-corrected chi connectivity index (χ1v) is 11.8. The van der Waals surface area contributed by atoms with Gasteiger partial charge >= 0.3 is 0 Å². The summed E-state index contributed by atoms with van der Waals surface area (Å²) in [5.41, 5.74) is 1.62. The number of halogens is 2. The topological polar surface area (TPSA) is 73.0 Å². The van der Waals surface area contributed by atoms with Crippen LogP contribution < -0.4 is 15.1 Å². The molecule has 182 valence electrons. The molecule has 5 rings (SSSR count). The molecule has 0 atom stereocenters. The Hall–Kier alpha value is -4.17. The molecule has 0 aromatic heterocycles. The fourth-order valence-electron chi connectivity index (χ4n) is 4.33. The summed E-state index contributed by atoms with van der Waals surface area (Å²) in [6.45, 7) is 2.59. The van der Waals surface area contributed by atoms with Crippen LogP contribution in [0.15, 0.2) is 89.6 Å². The van der Waals surface area contributed by atoms with Crippen LogP contribution in [0.2, 0.25) is 0 Å². The summed E-state index contributed by atoms with van der Waals surface area (Å²) in [5.74, 6) is -2.44. The molecule has 7 nitrogen and oxygen atoms in total. The highest BCUT2D eigenvalue weighted by molar-refractivity contribution is 6.53. The second-order valence-electron chi connectivity index (χ2n) is 8.41. The minimum Gasteiger partial charge on any atom is -0.368 e. The molecule has 1 fully saturated rings. The van der Waals surface area contributed by atoms with E-state index in [0.717, 1.165) is 24.8 Å². The van der Waals surface area contributed by atoms with Gasteiger partial charge in [-0.3, -0.25) is 14.4 Å². The lowest BCUT2D eigenvalue weighted by molar-refractivity contribution is -0.120. The van der Waals surface area contributed by atoms with Gasteiger partial charge in [0.1, 0.15) is 16.5 Å². The van der Waals surface area contributed by atoms with Crippen LogP contribution in [0.5, 0.6) is 0 Å². The first-order chi connectivity index (χ1) is 17.4. The molecule has 1 saturated heterocycles. The van der Waals surface area contributed by atoms with Crippen molar-refractivity contribution in [3.63, 3.8) is 0 Å². The molecule has 0 spiro atoms. The lowest BCUT2D eigenvalue weighted by atomic mass is 10.1. The van der Waals surface area contributed by atoms with Crippen LogP contribution in [0, 0.1) is 5.82 Å². The Morgan fingerprint density at radius 2 is 1.53 bits per heavy atom. The summed E-state index contributed by atoms with van der Waals surface area (Å²) in [4.78, 5) is 43.5. The van der Waals surface area contributed by atoms with Gasteiger partial charge in [-0.1, -0.05) is 48.0 Å². The lowest BCUT2D eigenvalue weighted by Crippen LogP contribution is -2.48. The van der Waals surface area contributed by atoms with Crippen molar-refractivity contribution in [3.05, 3.63) is 101 Å². The predicted octanol–water partition coefficient (Wildman–Crippen LogP) is 4.22. The summed E-state index contributed by atoms with van der Waals surface area (Å²) in [6.07, 6.45) is 0. The van der Waals surface area contributed by atoms with Crippen LogP contribution >= 0.6 is 11.6 Å². The molecule has 0 radical (unpaired) electrons. The van der Waals surface area contributed by atoms with Crippen molar-refractivity contribution >= 4 is 46.4 Å². The third-order valence-corrected chi connectivity index (χ3v) is 6.54. The Kier molecular flexibility index (Phi) is 6.43. The minimum absolute atomic E-state index is 0.131. The number of imide groups is 1. The number of hydrogen-bond donors (Lipinski definition) is 1. The number of anilines is 3. The highest BCUT2D eigenvalue weighted by Crippen LogP contribution is 2.31. The van der Waals surface area contributed by atoms with E-state index in [4.69, 9.17) is 11.6 Å². The molecular weight excluding hydrogens is 483 g/mol. The molecule has 3 amide bonds. The van der Waals surface area contributed by atoms with Crippen LogP contribution in [0.1, 0.15) is 10.4 Å². The third kappa shape index (κ3) is 4.43. The van der Waals surface area contributed by atoms with Crippen molar-refractivity contribution in [2.45, 2.75) is 0 Å². The van der Waals surface area contributed by atoms with Crippen molar-refractivity contribution in [2.75, 3.05) is 41.3 Å². The number of carbonyl (C=O) groups excluding carboxylic acids is 3. The number of rotatable bonds is 5. The van der Waals surface area contributed by atoms with E-state index in [1.54, 1.807) is 29.2 Å². The standard InChI is InChI=1S/C27H22ClFN4O3/c28-23-24(27(36)33(26(23)35)22-12-5-4-11-21(22)29)30-19-8-6-7-18(17-19)25(34)32-15-13-31(14-16-32)20-9-2-1-3-10-20/h1-12,17,30H,13-16H2. The number of nitrogens with one attached hydrogen (secondary N) is 1. The van der Waals surface area contributed by atoms with Gasteiger partial charge < -0.3 is 15.1 Å². The SMILES string of the molecule is O=C(c1cccc(NC2=C(Cl)C(=O)N(c3ccccc3F)C2=O)c1)N1CCN(c2ccccc2)CC1. The molecule has 2 heterocycles. The molecular formula is C27H22ClFN4O3. The number of benzene rings is 3. The van der Waals surface area contributed by atoms with Gasteiger partial charge in [0.2, 0.25) is 0 Å². The van der Waals surface area contributed by atoms with Crippen molar-refractivity contribution in [1.29, 1.82) is 0 Å². The van der Waals surface area contributed by atoms with Crippen molar-refractivity contribution in [3.8, 4) is 0 Å². The second kappa shape index (κ2) is 9.83. The monoisotopic (exact) mass is 504 g/mol. The molecule has 1 N–H and O–H groups in total. The van der Waals surface area contributed by atoms with E-state index in [9.17, 15) is 18.8 Å². The zero-order valence-electron chi connectivity index (χ0n) is 19.2. The van der Waals surface area contributed by atoms with Gasteiger partial charge in [-0.05, 0) is 42.5 Å². The summed E-state index contributed by atoms with van der Waals surface area (Å²) >= 11 is 6.16. The normalized spacial score (nSPS) is 16.1. The molecule has 3 aromatic carbocycles. The van der Waals surface area contributed by atoms with E-state index in [0.29, 0.717) is 29.2 Å². The fraction of sp³-hybridized carbons (Fsp3) is 0.148. The highest BCUT2D eigenvalue weighted by Gasteiger charge is 2.40. The smallest absolute Gasteiger partial charge is 0.283 e. The Morgan fingerprint density at radius 1 is 0.833 bits per heavy atom. The molecule has 0 bridgehead atoms. The van der Waals surface area contributed by atoms with Crippen molar-refractivity contribution in [2.24, 2.45) is 0 Å². The number of nitrogens with zero attached hydrogens (tertiary/aromatic N) is 3. The number of hydrogen-bond acceptors (Lipinski definition) is 5.